The number of amides is 1. The molecule has 1 saturated heterocycles. The number of carbonyl (C=O) groups is 1. The van der Waals surface area contributed by atoms with Gasteiger partial charge in [0.2, 0.25) is 0 Å². The number of aromatic nitrogens is 4. The minimum absolute atomic E-state index is 0.103. The van der Waals surface area contributed by atoms with Gasteiger partial charge in [-0.1, -0.05) is 0 Å². The van der Waals surface area contributed by atoms with Crippen LogP contribution in [0.2, 0.25) is 0 Å². The number of H-pyrrole nitrogens is 1. The largest absolute Gasteiger partial charge is 0.364 e. The van der Waals surface area contributed by atoms with Crippen LogP contribution >= 0.6 is 0 Å². The molecule has 0 bridgehead atoms. The van der Waals surface area contributed by atoms with Crippen molar-refractivity contribution < 1.29 is 4.79 Å². The number of aryl methyl sites for hydroxylation is 1. The first-order valence-electron chi connectivity index (χ1n) is 11.3. The summed E-state index contributed by atoms with van der Waals surface area (Å²) in [4.78, 5) is 41.4. The molecule has 6 heterocycles. The lowest BCUT2D eigenvalue weighted by atomic mass is 9.96. The topological polar surface area (TPSA) is 98.6 Å². The van der Waals surface area contributed by atoms with Crippen LogP contribution in [0.1, 0.15) is 28.2 Å². The van der Waals surface area contributed by atoms with Gasteiger partial charge < -0.3 is 15.2 Å². The van der Waals surface area contributed by atoms with E-state index in [-0.39, 0.29) is 11.5 Å². The second-order valence-electron chi connectivity index (χ2n) is 8.79. The number of hydrogen-bond acceptors (Lipinski definition) is 6. The number of pyridine rings is 2. The van der Waals surface area contributed by atoms with Gasteiger partial charge in [-0.3, -0.25) is 18.9 Å². The van der Waals surface area contributed by atoms with Crippen LogP contribution in [0.5, 0.6) is 0 Å². The summed E-state index contributed by atoms with van der Waals surface area (Å²) in [6, 6.07) is 9.97. The van der Waals surface area contributed by atoms with E-state index in [1.54, 1.807) is 13.1 Å². The third kappa shape index (κ3) is 3.36. The van der Waals surface area contributed by atoms with Crippen molar-refractivity contribution in [1.29, 1.82) is 0 Å². The van der Waals surface area contributed by atoms with Gasteiger partial charge in [-0.15, -0.1) is 0 Å². The first-order chi connectivity index (χ1) is 16.1. The number of rotatable bonds is 3. The second-order valence-corrected chi connectivity index (χ2v) is 8.79. The molecule has 0 spiro atoms. The van der Waals surface area contributed by atoms with Crippen LogP contribution in [0.4, 0.5) is 5.69 Å². The monoisotopic (exact) mass is 443 g/mol. The van der Waals surface area contributed by atoms with Crippen LogP contribution in [0.25, 0.3) is 16.7 Å². The SMILES string of the molecule is CNC(=O)c1ccc2c(n1)CC[C@@H]1CN(Cc3cnc4c(c3)[nH]c(=O)c3cccn34)CCN21. The summed E-state index contributed by atoms with van der Waals surface area (Å²) in [5.41, 5.74) is 5.75. The summed E-state index contributed by atoms with van der Waals surface area (Å²) < 4.78 is 1.83. The molecule has 0 saturated carbocycles. The van der Waals surface area contributed by atoms with Crippen molar-refractivity contribution in [3.8, 4) is 0 Å². The van der Waals surface area contributed by atoms with E-state index in [0.717, 1.165) is 67.1 Å². The Morgan fingerprint density at radius 3 is 3.06 bits per heavy atom. The van der Waals surface area contributed by atoms with Gasteiger partial charge in [0.15, 0.2) is 5.65 Å². The van der Waals surface area contributed by atoms with E-state index >= 15 is 0 Å². The van der Waals surface area contributed by atoms with Crippen molar-refractivity contribution in [3.05, 3.63) is 70.0 Å². The van der Waals surface area contributed by atoms with Crippen LogP contribution < -0.4 is 15.8 Å². The predicted molar refractivity (Wildman–Crippen MR) is 126 cm³/mol. The molecule has 0 radical (unpaired) electrons. The smallest absolute Gasteiger partial charge is 0.272 e. The third-order valence-electron chi connectivity index (χ3n) is 6.79. The van der Waals surface area contributed by atoms with Gasteiger partial charge >= 0.3 is 0 Å². The molecule has 4 aromatic rings. The number of hydrogen-bond donors (Lipinski definition) is 2. The first-order valence-corrected chi connectivity index (χ1v) is 11.3. The molecule has 2 N–H and O–H groups in total. The van der Waals surface area contributed by atoms with Crippen molar-refractivity contribution in [3.63, 3.8) is 0 Å². The first kappa shape index (κ1) is 19.9. The molecule has 0 aromatic carbocycles. The van der Waals surface area contributed by atoms with Gasteiger partial charge in [0, 0.05) is 51.7 Å². The molecule has 0 unspecified atom stereocenters. The van der Waals surface area contributed by atoms with Crippen molar-refractivity contribution in [2.24, 2.45) is 0 Å². The summed E-state index contributed by atoms with van der Waals surface area (Å²) in [5, 5.41) is 2.65. The average molecular weight is 444 g/mol. The molecule has 0 aliphatic carbocycles. The number of piperazine rings is 1. The van der Waals surface area contributed by atoms with E-state index in [4.69, 9.17) is 0 Å². The van der Waals surface area contributed by atoms with Gasteiger partial charge in [0.25, 0.3) is 11.5 Å². The third-order valence-corrected chi connectivity index (χ3v) is 6.79. The number of anilines is 1. The number of nitrogens with zero attached hydrogens (tertiary/aromatic N) is 5. The molecular formula is C24H25N7O2. The maximum absolute atomic E-state index is 12.3. The fraction of sp³-hybridized carbons (Fsp3) is 0.333. The zero-order valence-electron chi connectivity index (χ0n) is 18.4. The highest BCUT2D eigenvalue weighted by Crippen LogP contribution is 2.32. The zero-order chi connectivity index (χ0) is 22.5. The minimum Gasteiger partial charge on any atom is -0.364 e. The summed E-state index contributed by atoms with van der Waals surface area (Å²) >= 11 is 0. The van der Waals surface area contributed by atoms with Crippen molar-refractivity contribution in [2.75, 3.05) is 31.6 Å². The van der Waals surface area contributed by atoms with Crippen LogP contribution in [-0.2, 0) is 13.0 Å². The van der Waals surface area contributed by atoms with Crippen molar-refractivity contribution in [1.82, 2.24) is 29.6 Å². The van der Waals surface area contributed by atoms with E-state index in [0.29, 0.717) is 17.3 Å². The Labute approximate surface area is 190 Å². The minimum atomic E-state index is -0.146. The molecule has 1 atom stereocenters. The highest BCUT2D eigenvalue weighted by molar-refractivity contribution is 5.92. The number of carbonyl (C=O) groups excluding carboxylic acids is 1. The van der Waals surface area contributed by atoms with E-state index < -0.39 is 0 Å². The average Bonchev–Trinajstić information content (AvgIpc) is 3.34. The Balaban J connectivity index is 1.20. The Kier molecular flexibility index (Phi) is 4.65. The standard InChI is InChI=1S/C24H25N7O2/c1-25-23(32)18-6-7-20-17(27-18)5-4-16-14-29(9-10-30(16)20)13-15-11-19-22(26-12-15)31-8-2-3-21(31)24(33)28-19/h2-3,6-8,11-12,16H,4-5,9-10,13-14H2,1H3,(H,25,32)(H,28,33)/t16-/m1/s1. The molecular weight excluding hydrogens is 418 g/mol. The number of fused-ring (bicyclic) bond motifs is 6. The van der Waals surface area contributed by atoms with E-state index in [1.807, 2.05) is 41.1 Å². The van der Waals surface area contributed by atoms with Crippen LogP contribution in [-0.4, -0.2) is 62.9 Å². The summed E-state index contributed by atoms with van der Waals surface area (Å²) in [6.45, 7) is 3.60. The number of nitrogens with one attached hydrogen (secondary N) is 2. The van der Waals surface area contributed by atoms with E-state index in [1.165, 1.54) is 0 Å². The quantitative estimate of drug-likeness (QED) is 0.499. The Hall–Kier alpha value is -3.72. The summed E-state index contributed by atoms with van der Waals surface area (Å²) in [6.07, 6.45) is 5.67. The fourth-order valence-corrected chi connectivity index (χ4v) is 5.19. The van der Waals surface area contributed by atoms with E-state index in [2.05, 4.69) is 30.1 Å². The second kappa shape index (κ2) is 7.70. The molecule has 1 amide bonds. The molecule has 33 heavy (non-hydrogen) atoms. The Morgan fingerprint density at radius 2 is 2.18 bits per heavy atom. The van der Waals surface area contributed by atoms with Crippen molar-refractivity contribution in [2.45, 2.75) is 25.4 Å². The predicted octanol–water partition coefficient (Wildman–Crippen LogP) is 1.57. The maximum Gasteiger partial charge on any atom is 0.272 e. The van der Waals surface area contributed by atoms with Crippen molar-refractivity contribution >= 4 is 28.3 Å². The lowest BCUT2D eigenvalue weighted by Crippen LogP contribution is -2.54. The normalized spacial score (nSPS) is 18.3. The van der Waals surface area contributed by atoms with E-state index in [9.17, 15) is 9.59 Å². The molecule has 2 aliphatic heterocycles. The molecule has 4 aromatic heterocycles. The summed E-state index contributed by atoms with van der Waals surface area (Å²) in [5.74, 6) is -0.146. The molecule has 6 rings (SSSR count). The highest BCUT2D eigenvalue weighted by Gasteiger charge is 2.32. The van der Waals surface area contributed by atoms with Crippen LogP contribution in [0.15, 0.2) is 47.5 Å². The van der Waals surface area contributed by atoms with Gasteiger partial charge in [-0.2, -0.15) is 0 Å². The molecule has 9 nitrogen and oxygen atoms in total. The molecule has 1 fully saturated rings. The fourth-order valence-electron chi connectivity index (χ4n) is 5.19. The number of aromatic amines is 1. The Morgan fingerprint density at radius 1 is 1.27 bits per heavy atom. The lowest BCUT2D eigenvalue weighted by Gasteiger charge is -2.45. The van der Waals surface area contributed by atoms with Gasteiger partial charge in [-0.25, -0.2) is 9.97 Å². The van der Waals surface area contributed by atoms with Crippen LogP contribution in [0.3, 0.4) is 0 Å². The molecule has 168 valence electrons. The lowest BCUT2D eigenvalue weighted by molar-refractivity contribution is 0.0958. The molecule has 2 aliphatic rings. The highest BCUT2D eigenvalue weighted by atomic mass is 16.1. The maximum atomic E-state index is 12.3. The van der Waals surface area contributed by atoms with Crippen LogP contribution in [0, 0.1) is 0 Å². The van der Waals surface area contributed by atoms with Gasteiger partial charge in [0.1, 0.15) is 11.2 Å². The summed E-state index contributed by atoms with van der Waals surface area (Å²) in [7, 11) is 1.63. The van der Waals surface area contributed by atoms with Gasteiger partial charge in [-0.05, 0) is 48.7 Å². The Bertz CT molecular complexity index is 1440. The van der Waals surface area contributed by atoms with Gasteiger partial charge in [0.05, 0.1) is 16.9 Å². The molecule has 9 heteroatoms. The zero-order valence-corrected chi connectivity index (χ0v) is 18.4.